The number of aryl methyl sites for hydroxylation is 4. The molecule has 0 heterocycles. The molecule has 2 aromatic rings. The van der Waals surface area contributed by atoms with Crippen LogP contribution in [0.5, 0.6) is 11.5 Å². The van der Waals surface area contributed by atoms with Gasteiger partial charge in [0, 0.05) is 11.1 Å². The minimum atomic E-state index is 0.0401. The fraction of sp³-hybridized carbons (Fsp3) is 0.772. The lowest BCUT2D eigenvalue weighted by atomic mass is 9.90. The van der Waals surface area contributed by atoms with E-state index in [9.17, 15) is 15.0 Å². The predicted molar refractivity (Wildman–Crippen MR) is 263 cm³/mol. The lowest BCUT2D eigenvalue weighted by molar-refractivity contribution is 0.103. The number of rotatable bonds is 42. The van der Waals surface area contributed by atoms with Gasteiger partial charge in [0.15, 0.2) is 5.78 Å². The molecule has 0 radical (unpaired) electrons. The average Bonchev–Trinajstić information content (AvgIpc) is 3.25. The van der Waals surface area contributed by atoms with E-state index in [1.54, 1.807) is 0 Å². The number of unbranched alkanes of at least 4 members (excludes halogenated alkanes) is 32. The van der Waals surface area contributed by atoms with Crippen LogP contribution < -0.4 is 0 Å². The second kappa shape index (κ2) is 37.3. The summed E-state index contributed by atoms with van der Waals surface area (Å²) in [7, 11) is 0. The fourth-order valence-corrected chi connectivity index (χ4v) is 9.22. The topological polar surface area (TPSA) is 57.5 Å². The van der Waals surface area contributed by atoms with Gasteiger partial charge in [0.2, 0.25) is 0 Å². The van der Waals surface area contributed by atoms with E-state index in [4.69, 9.17) is 0 Å². The molecule has 2 aromatic carbocycles. The number of hydrogen-bond acceptors (Lipinski definition) is 3. The number of aromatic hydroxyl groups is 2. The lowest BCUT2D eigenvalue weighted by Crippen LogP contribution is -2.07. The largest absolute Gasteiger partial charge is 0.507 e. The molecule has 0 saturated carbocycles. The summed E-state index contributed by atoms with van der Waals surface area (Å²) in [5, 5.41) is 23.2. The Morgan fingerprint density at radius 2 is 0.467 bits per heavy atom. The highest BCUT2D eigenvalue weighted by atomic mass is 16.3. The Kier molecular flexibility index (Phi) is 33.5. The molecule has 0 aromatic heterocycles. The average molecular weight is 831 g/mol. The van der Waals surface area contributed by atoms with E-state index in [0.29, 0.717) is 22.6 Å². The quantitative estimate of drug-likeness (QED) is 0.0518. The molecule has 0 atom stereocenters. The molecule has 0 aliphatic rings. The maximum Gasteiger partial charge on any atom is 0.193 e. The summed E-state index contributed by atoms with van der Waals surface area (Å²) < 4.78 is 0. The van der Waals surface area contributed by atoms with Crippen molar-refractivity contribution in [2.75, 3.05) is 0 Å². The zero-order valence-corrected chi connectivity index (χ0v) is 40.4. The number of carbonyl (C=O) groups is 1. The van der Waals surface area contributed by atoms with Gasteiger partial charge in [-0.05, 0) is 97.9 Å². The van der Waals surface area contributed by atoms with Crippen molar-refractivity contribution in [1.29, 1.82) is 0 Å². The molecular formula is C57H98O3. The first-order valence-electron chi connectivity index (χ1n) is 26.7. The van der Waals surface area contributed by atoms with Crippen molar-refractivity contribution in [3.05, 3.63) is 57.6 Å². The minimum absolute atomic E-state index is 0.0401. The first-order valence-corrected chi connectivity index (χ1v) is 26.7. The summed E-state index contributed by atoms with van der Waals surface area (Å²) in [5.41, 5.74) is 5.19. The number of phenols is 2. The van der Waals surface area contributed by atoms with Gasteiger partial charge in [-0.25, -0.2) is 0 Å². The number of hydrogen-bond donors (Lipinski definition) is 2. The van der Waals surface area contributed by atoms with Crippen LogP contribution in [0.3, 0.4) is 0 Å². The van der Waals surface area contributed by atoms with E-state index in [-0.39, 0.29) is 5.78 Å². The summed E-state index contributed by atoms with van der Waals surface area (Å²) in [6.45, 7) is 9.10. The Hall–Kier alpha value is -2.29. The molecule has 2 rings (SSSR count). The van der Waals surface area contributed by atoms with Crippen LogP contribution in [0.1, 0.15) is 297 Å². The van der Waals surface area contributed by atoms with E-state index in [0.717, 1.165) is 73.6 Å². The SMILES string of the molecule is CCCCCCCCCCCc1cc(C(=O)c2cc(CCCCCCCCCCC)c(O)c(CCCCCCCCCCC)c2)cc(CCCCCCCCCCC)c1O. The summed E-state index contributed by atoms with van der Waals surface area (Å²) in [4.78, 5) is 14.6. The molecule has 0 fully saturated rings. The van der Waals surface area contributed by atoms with Crippen LogP contribution in [0.2, 0.25) is 0 Å². The van der Waals surface area contributed by atoms with E-state index < -0.39 is 0 Å². The van der Waals surface area contributed by atoms with Crippen molar-refractivity contribution in [2.45, 2.75) is 285 Å². The van der Waals surface area contributed by atoms with Gasteiger partial charge in [0.25, 0.3) is 0 Å². The molecule has 0 spiro atoms. The molecule has 0 amide bonds. The van der Waals surface area contributed by atoms with Crippen LogP contribution in [0.15, 0.2) is 24.3 Å². The third-order valence-electron chi connectivity index (χ3n) is 13.3. The van der Waals surface area contributed by atoms with E-state index in [1.807, 2.05) is 24.3 Å². The van der Waals surface area contributed by atoms with Gasteiger partial charge < -0.3 is 10.2 Å². The second-order valence-corrected chi connectivity index (χ2v) is 18.9. The van der Waals surface area contributed by atoms with Crippen LogP contribution >= 0.6 is 0 Å². The first kappa shape index (κ1) is 53.8. The molecule has 0 bridgehead atoms. The Bertz CT molecular complexity index is 1140. The van der Waals surface area contributed by atoms with Crippen molar-refractivity contribution >= 4 is 5.78 Å². The zero-order valence-electron chi connectivity index (χ0n) is 40.4. The fourth-order valence-electron chi connectivity index (χ4n) is 9.22. The molecule has 60 heavy (non-hydrogen) atoms. The standard InChI is InChI=1S/C57H98O3/c1-5-9-13-17-21-25-29-33-37-41-49-45-53(46-50(55(49)58)42-38-34-30-26-22-18-14-10-6-2)57(60)54-47-51(43-39-35-31-27-23-19-15-11-7-3)56(59)52(48-54)44-40-36-32-28-24-20-16-12-8-4/h45-48,58-59H,5-44H2,1-4H3. The molecule has 3 nitrogen and oxygen atoms in total. The van der Waals surface area contributed by atoms with Gasteiger partial charge in [-0.2, -0.15) is 0 Å². The summed E-state index contributed by atoms with van der Waals surface area (Å²) in [5.74, 6) is 0.889. The maximum atomic E-state index is 14.6. The number of phenolic OH excluding ortho intramolecular Hbond substituents is 2. The summed E-state index contributed by atoms with van der Waals surface area (Å²) >= 11 is 0. The van der Waals surface area contributed by atoms with Gasteiger partial charge in [-0.3, -0.25) is 4.79 Å². The second-order valence-electron chi connectivity index (χ2n) is 18.9. The van der Waals surface area contributed by atoms with Gasteiger partial charge >= 0.3 is 0 Å². The molecular weight excluding hydrogens is 733 g/mol. The number of carbonyl (C=O) groups excluding carboxylic acids is 1. The van der Waals surface area contributed by atoms with Gasteiger partial charge in [-0.1, -0.05) is 233 Å². The van der Waals surface area contributed by atoms with Crippen molar-refractivity contribution in [2.24, 2.45) is 0 Å². The smallest absolute Gasteiger partial charge is 0.193 e. The molecule has 2 N–H and O–H groups in total. The Morgan fingerprint density at radius 1 is 0.300 bits per heavy atom. The van der Waals surface area contributed by atoms with E-state index >= 15 is 0 Å². The van der Waals surface area contributed by atoms with Gasteiger partial charge in [-0.15, -0.1) is 0 Å². The first-order chi connectivity index (χ1) is 29.5. The van der Waals surface area contributed by atoms with Crippen molar-refractivity contribution < 1.29 is 15.0 Å². The Morgan fingerprint density at radius 3 is 0.650 bits per heavy atom. The van der Waals surface area contributed by atoms with Crippen LogP contribution in [0, 0.1) is 0 Å². The third kappa shape index (κ3) is 25.0. The predicted octanol–water partition coefficient (Wildman–Crippen LogP) is 18.6. The Labute approximate surface area is 373 Å². The molecule has 0 saturated heterocycles. The molecule has 3 heteroatoms. The van der Waals surface area contributed by atoms with Crippen molar-refractivity contribution in [1.82, 2.24) is 0 Å². The summed E-state index contributed by atoms with van der Waals surface area (Å²) in [6, 6.07) is 8.04. The minimum Gasteiger partial charge on any atom is -0.507 e. The maximum absolute atomic E-state index is 14.6. The number of benzene rings is 2. The van der Waals surface area contributed by atoms with Crippen molar-refractivity contribution in [3.63, 3.8) is 0 Å². The van der Waals surface area contributed by atoms with Gasteiger partial charge in [0.05, 0.1) is 0 Å². The summed E-state index contributed by atoms with van der Waals surface area (Å²) in [6.07, 6.45) is 48.9. The van der Waals surface area contributed by atoms with Crippen LogP contribution in [0.25, 0.3) is 0 Å². The highest BCUT2D eigenvalue weighted by molar-refractivity contribution is 6.09. The monoisotopic (exact) mass is 831 g/mol. The number of ketones is 1. The molecule has 0 aliphatic carbocycles. The van der Waals surface area contributed by atoms with Gasteiger partial charge in [0.1, 0.15) is 11.5 Å². The Balaban J connectivity index is 2.22. The van der Waals surface area contributed by atoms with Crippen LogP contribution in [-0.4, -0.2) is 16.0 Å². The highest BCUT2D eigenvalue weighted by Crippen LogP contribution is 2.33. The normalized spacial score (nSPS) is 11.5. The lowest BCUT2D eigenvalue weighted by Gasteiger charge is -2.16. The molecule has 344 valence electrons. The van der Waals surface area contributed by atoms with E-state index in [1.165, 1.54) is 205 Å². The van der Waals surface area contributed by atoms with E-state index in [2.05, 4.69) is 27.7 Å². The zero-order chi connectivity index (χ0) is 43.3. The molecule has 0 unspecified atom stereocenters. The van der Waals surface area contributed by atoms with Crippen molar-refractivity contribution in [3.8, 4) is 11.5 Å². The van der Waals surface area contributed by atoms with Crippen LogP contribution in [0.4, 0.5) is 0 Å². The van der Waals surface area contributed by atoms with Crippen LogP contribution in [-0.2, 0) is 25.7 Å². The molecule has 0 aliphatic heterocycles. The third-order valence-corrected chi connectivity index (χ3v) is 13.3. The highest BCUT2D eigenvalue weighted by Gasteiger charge is 2.19.